The minimum atomic E-state index is -0.586. The molecule has 0 aromatic heterocycles. The Morgan fingerprint density at radius 2 is 1.87 bits per heavy atom. The first kappa shape index (κ1) is 21.3. The second-order valence-corrected chi connectivity index (χ2v) is 7.51. The molecule has 3 rings (SSSR count). The van der Waals surface area contributed by atoms with E-state index < -0.39 is 12.0 Å². The Labute approximate surface area is 174 Å². The number of carbonyl (C=O) groups excluding carboxylic acids is 2. The van der Waals surface area contributed by atoms with Crippen LogP contribution < -0.4 is 20.2 Å². The van der Waals surface area contributed by atoms with Crippen LogP contribution in [-0.2, 0) is 4.79 Å². The summed E-state index contributed by atoms with van der Waals surface area (Å²) in [5, 5.41) is 5.23. The Morgan fingerprint density at radius 1 is 1.13 bits per heavy atom. The number of benzene rings is 2. The summed E-state index contributed by atoms with van der Waals surface area (Å²) >= 11 is 0. The highest BCUT2D eigenvalue weighted by atomic mass is 16.5. The van der Waals surface area contributed by atoms with Crippen LogP contribution in [-0.4, -0.2) is 31.1 Å². The molecule has 0 saturated carbocycles. The molecule has 0 radical (unpaired) electrons. The molecular weight excluding hydrogens is 386 g/mol. The van der Waals surface area contributed by atoms with Gasteiger partial charge in [0.05, 0.1) is 11.8 Å². The molecule has 158 valence electrons. The fourth-order valence-corrected chi connectivity index (χ4v) is 3.52. The second kappa shape index (κ2) is 9.87. The van der Waals surface area contributed by atoms with Crippen molar-refractivity contribution in [3.63, 3.8) is 0 Å². The maximum atomic E-state index is 12.7. The summed E-state index contributed by atoms with van der Waals surface area (Å²) in [6.07, 6.45) is 0.319. The highest BCUT2D eigenvalue weighted by molar-refractivity contribution is 5.93. The van der Waals surface area contributed by atoms with Crippen molar-refractivity contribution in [3.05, 3.63) is 64.6 Å². The van der Waals surface area contributed by atoms with E-state index in [0.29, 0.717) is 23.8 Å². The number of nitroso groups, excluding NO2 is 1. The quantitative estimate of drug-likeness (QED) is 0.374. The molecule has 1 aliphatic rings. The van der Waals surface area contributed by atoms with E-state index in [1.165, 1.54) is 12.1 Å². The highest BCUT2D eigenvalue weighted by Gasteiger charge is 2.39. The SMILES string of the molecule is CC(C)CC1c2ccccc2OC1C(=O)NCCOc1ccc(C(=O)NN=O)cc1. The molecule has 0 bridgehead atoms. The summed E-state index contributed by atoms with van der Waals surface area (Å²) in [4.78, 5) is 34.3. The van der Waals surface area contributed by atoms with E-state index in [-0.39, 0.29) is 18.4 Å². The third kappa shape index (κ3) is 5.14. The molecule has 2 atom stereocenters. The van der Waals surface area contributed by atoms with E-state index in [2.05, 4.69) is 24.5 Å². The van der Waals surface area contributed by atoms with Gasteiger partial charge in [-0.3, -0.25) is 9.59 Å². The summed E-state index contributed by atoms with van der Waals surface area (Å²) < 4.78 is 11.5. The molecule has 2 unspecified atom stereocenters. The van der Waals surface area contributed by atoms with Gasteiger partial charge in [-0.2, -0.15) is 0 Å². The summed E-state index contributed by atoms with van der Waals surface area (Å²) in [5.74, 6) is 1.04. The predicted octanol–water partition coefficient (Wildman–Crippen LogP) is 3.18. The van der Waals surface area contributed by atoms with E-state index in [9.17, 15) is 14.5 Å². The van der Waals surface area contributed by atoms with Crippen molar-refractivity contribution in [2.45, 2.75) is 32.3 Å². The minimum absolute atomic E-state index is 0.0293. The standard InChI is InChI=1S/C22H25N3O5/c1-14(2)13-18-17-5-3-4-6-19(17)30-20(18)22(27)23-11-12-29-16-9-7-15(8-10-16)21(26)24-25-28/h3-10,14,18,20H,11-13H2,1-2H3,(H,23,27)(H,24,26,28). The van der Waals surface area contributed by atoms with E-state index in [1.807, 2.05) is 29.7 Å². The van der Waals surface area contributed by atoms with Crippen molar-refractivity contribution in [1.29, 1.82) is 0 Å². The second-order valence-electron chi connectivity index (χ2n) is 7.51. The average molecular weight is 411 g/mol. The smallest absolute Gasteiger partial charge is 0.273 e. The Balaban J connectivity index is 1.50. The summed E-state index contributed by atoms with van der Waals surface area (Å²) in [6, 6.07) is 14.1. The first-order valence-electron chi connectivity index (χ1n) is 9.88. The molecule has 2 amide bonds. The van der Waals surface area contributed by atoms with Crippen molar-refractivity contribution in [2.75, 3.05) is 13.2 Å². The van der Waals surface area contributed by atoms with Crippen molar-refractivity contribution in [1.82, 2.24) is 10.7 Å². The van der Waals surface area contributed by atoms with Gasteiger partial charge >= 0.3 is 0 Å². The van der Waals surface area contributed by atoms with Crippen molar-refractivity contribution >= 4 is 11.8 Å². The van der Waals surface area contributed by atoms with Crippen LogP contribution in [0, 0.1) is 10.8 Å². The molecule has 30 heavy (non-hydrogen) atoms. The van der Waals surface area contributed by atoms with Gasteiger partial charge in [-0.15, -0.1) is 4.91 Å². The maximum Gasteiger partial charge on any atom is 0.273 e. The Hall–Kier alpha value is -3.42. The van der Waals surface area contributed by atoms with Gasteiger partial charge in [0.2, 0.25) is 0 Å². The van der Waals surface area contributed by atoms with Gasteiger partial charge in [0, 0.05) is 17.0 Å². The van der Waals surface area contributed by atoms with Gasteiger partial charge in [-0.25, -0.2) is 5.43 Å². The first-order chi connectivity index (χ1) is 14.5. The van der Waals surface area contributed by atoms with Gasteiger partial charge in [-0.05, 0) is 42.7 Å². The zero-order valence-electron chi connectivity index (χ0n) is 17.0. The lowest BCUT2D eigenvalue weighted by Gasteiger charge is -2.20. The monoisotopic (exact) mass is 411 g/mol. The number of fused-ring (bicyclic) bond motifs is 1. The summed E-state index contributed by atoms with van der Waals surface area (Å²) in [6.45, 7) is 4.85. The highest BCUT2D eigenvalue weighted by Crippen LogP contribution is 2.41. The van der Waals surface area contributed by atoms with Crippen LogP contribution in [0.1, 0.15) is 42.1 Å². The molecule has 2 aromatic carbocycles. The predicted molar refractivity (Wildman–Crippen MR) is 111 cm³/mol. The molecule has 0 aliphatic carbocycles. The number of hydrogen-bond acceptors (Lipinski definition) is 6. The van der Waals surface area contributed by atoms with Crippen LogP contribution in [0.25, 0.3) is 0 Å². The largest absolute Gasteiger partial charge is 0.492 e. The molecule has 1 aliphatic heterocycles. The third-order valence-corrected chi connectivity index (χ3v) is 4.86. The lowest BCUT2D eigenvalue weighted by atomic mass is 9.87. The third-order valence-electron chi connectivity index (χ3n) is 4.86. The van der Waals surface area contributed by atoms with E-state index in [0.717, 1.165) is 17.7 Å². The fraction of sp³-hybridized carbons (Fsp3) is 0.364. The van der Waals surface area contributed by atoms with Crippen molar-refractivity contribution < 1.29 is 19.1 Å². The fourth-order valence-electron chi connectivity index (χ4n) is 3.52. The molecule has 8 heteroatoms. The first-order valence-corrected chi connectivity index (χ1v) is 9.88. The average Bonchev–Trinajstić information content (AvgIpc) is 3.10. The zero-order valence-corrected chi connectivity index (χ0v) is 17.0. The number of rotatable bonds is 9. The molecule has 2 aromatic rings. The zero-order chi connectivity index (χ0) is 21.5. The number of carbonyl (C=O) groups is 2. The number of amides is 2. The normalized spacial score (nSPS) is 17.0. The van der Waals surface area contributed by atoms with Crippen molar-refractivity contribution in [2.24, 2.45) is 11.2 Å². The minimum Gasteiger partial charge on any atom is -0.492 e. The van der Waals surface area contributed by atoms with Gasteiger partial charge in [0.1, 0.15) is 18.1 Å². The topological polar surface area (TPSA) is 106 Å². The van der Waals surface area contributed by atoms with Crippen LogP contribution in [0.3, 0.4) is 0 Å². The molecule has 2 N–H and O–H groups in total. The molecule has 0 saturated heterocycles. The lowest BCUT2D eigenvalue weighted by Crippen LogP contribution is -2.41. The number of para-hydroxylation sites is 1. The number of nitrogens with zero attached hydrogens (tertiary/aromatic N) is 1. The van der Waals surface area contributed by atoms with Gasteiger partial charge < -0.3 is 14.8 Å². The van der Waals surface area contributed by atoms with Crippen LogP contribution in [0.15, 0.2) is 53.8 Å². The van der Waals surface area contributed by atoms with Crippen LogP contribution in [0.5, 0.6) is 11.5 Å². The van der Waals surface area contributed by atoms with E-state index >= 15 is 0 Å². The molecular formula is C22H25N3O5. The Kier molecular flexibility index (Phi) is 7.00. The summed E-state index contributed by atoms with van der Waals surface area (Å²) in [7, 11) is 0. The van der Waals surface area contributed by atoms with E-state index in [4.69, 9.17) is 9.47 Å². The van der Waals surface area contributed by atoms with Crippen LogP contribution in [0.4, 0.5) is 0 Å². The Bertz CT molecular complexity index is 898. The van der Waals surface area contributed by atoms with Gasteiger partial charge in [0.15, 0.2) is 6.10 Å². The number of ether oxygens (including phenoxy) is 2. The lowest BCUT2D eigenvalue weighted by molar-refractivity contribution is -0.128. The van der Waals surface area contributed by atoms with Crippen LogP contribution in [0.2, 0.25) is 0 Å². The van der Waals surface area contributed by atoms with Gasteiger partial charge in [-0.1, -0.05) is 32.0 Å². The number of hydrogen-bond donors (Lipinski definition) is 2. The Morgan fingerprint density at radius 3 is 2.57 bits per heavy atom. The maximum absolute atomic E-state index is 12.7. The molecule has 0 spiro atoms. The molecule has 1 heterocycles. The molecule has 8 nitrogen and oxygen atoms in total. The van der Waals surface area contributed by atoms with Crippen molar-refractivity contribution in [3.8, 4) is 11.5 Å². The van der Waals surface area contributed by atoms with Gasteiger partial charge in [0.25, 0.3) is 11.8 Å². The van der Waals surface area contributed by atoms with E-state index in [1.54, 1.807) is 12.1 Å². The van der Waals surface area contributed by atoms with Crippen LogP contribution >= 0.6 is 0 Å². The molecule has 0 fully saturated rings. The summed E-state index contributed by atoms with van der Waals surface area (Å²) in [5.41, 5.74) is 3.20. The number of nitrogens with one attached hydrogen (secondary N) is 2.